The third kappa shape index (κ3) is 3.96. The second-order valence-corrected chi connectivity index (χ2v) is 6.01. The summed E-state index contributed by atoms with van der Waals surface area (Å²) in [5.41, 5.74) is 0.574. The number of hydrogen-bond donors (Lipinski definition) is 2. The molecule has 1 rings (SSSR count). The fourth-order valence-electron chi connectivity index (χ4n) is 1.74. The largest absolute Gasteiger partial charge is 0.480 e. The van der Waals surface area contributed by atoms with Crippen LogP contribution in [0.15, 0.2) is 18.2 Å². The fourth-order valence-corrected chi connectivity index (χ4v) is 1.97. The smallest absolute Gasteiger partial charge is 0.326 e. The molecule has 0 heterocycles. The summed E-state index contributed by atoms with van der Waals surface area (Å²) in [6.45, 7) is 7.05. The summed E-state index contributed by atoms with van der Waals surface area (Å²) in [5, 5.41) is 12.3. The molecule has 4 nitrogen and oxygen atoms in total. The molecule has 0 radical (unpaired) electrons. The SMILES string of the molecule is Cc1cc(Cl)ccc1C(=O)N[C@@H](C(=O)O)C(C)(C)C. The van der Waals surface area contributed by atoms with Crippen LogP contribution in [0.1, 0.15) is 36.7 Å². The number of carbonyl (C=O) groups excluding carboxylic acids is 1. The van der Waals surface area contributed by atoms with Gasteiger partial charge >= 0.3 is 5.97 Å². The standard InChI is InChI=1S/C14H18ClNO3/c1-8-7-9(15)5-6-10(8)12(17)16-11(13(18)19)14(2,3)4/h5-7,11H,1-4H3,(H,16,17)(H,18,19)/t11-/m0/s1. The van der Waals surface area contributed by atoms with Gasteiger partial charge in [-0.15, -0.1) is 0 Å². The molecule has 1 aromatic carbocycles. The monoisotopic (exact) mass is 283 g/mol. The molecule has 2 N–H and O–H groups in total. The number of aliphatic carboxylic acids is 1. The topological polar surface area (TPSA) is 66.4 Å². The summed E-state index contributed by atoms with van der Waals surface area (Å²) in [6.07, 6.45) is 0. The van der Waals surface area contributed by atoms with Gasteiger partial charge in [0.15, 0.2) is 0 Å². The van der Waals surface area contributed by atoms with Crippen LogP contribution >= 0.6 is 11.6 Å². The predicted molar refractivity (Wildman–Crippen MR) is 74.5 cm³/mol. The van der Waals surface area contributed by atoms with E-state index in [1.807, 2.05) is 0 Å². The summed E-state index contributed by atoms with van der Waals surface area (Å²) in [4.78, 5) is 23.3. The molecule has 0 aliphatic heterocycles. The summed E-state index contributed by atoms with van der Waals surface area (Å²) in [6, 6.07) is 3.92. The molecule has 19 heavy (non-hydrogen) atoms. The Morgan fingerprint density at radius 3 is 2.32 bits per heavy atom. The van der Waals surface area contributed by atoms with Crippen LogP contribution in [-0.2, 0) is 4.79 Å². The second-order valence-electron chi connectivity index (χ2n) is 5.57. The van der Waals surface area contributed by atoms with Crippen molar-refractivity contribution in [3.8, 4) is 0 Å². The Hall–Kier alpha value is -1.55. The van der Waals surface area contributed by atoms with Gasteiger partial charge in [0.05, 0.1) is 0 Å². The Morgan fingerprint density at radius 1 is 1.32 bits per heavy atom. The van der Waals surface area contributed by atoms with Gasteiger partial charge in [0, 0.05) is 10.6 Å². The van der Waals surface area contributed by atoms with Crippen molar-refractivity contribution in [2.24, 2.45) is 5.41 Å². The van der Waals surface area contributed by atoms with E-state index in [0.29, 0.717) is 16.1 Å². The van der Waals surface area contributed by atoms with Crippen LogP contribution < -0.4 is 5.32 Å². The first-order valence-electron chi connectivity index (χ1n) is 5.92. The van der Waals surface area contributed by atoms with Gasteiger partial charge in [-0.1, -0.05) is 32.4 Å². The van der Waals surface area contributed by atoms with Gasteiger partial charge in [0.25, 0.3) is 5.91 Å². The summed E-state index contributed by atoms with van der Waals surface area (Å²) in [5.74, 6) is -1.45. The van der Waals surface area contributed by atoms with Crippen LogP contribution in [0.4, 0.5) is 0 Å². The van der Waals surface area contributed by atoms with Crippen molar-refractivity contribution in [2.45, 2.75) is 33.7 Å². The molecule has 0 aliphatic rings. The zero-order valence-electron chi connectivity index (χ0n) is 11.5. The molecule has 0 unspecified atom stereocenters. The molecular weight excluding hydrogens is 266 g/mol. The zero-order chi connectivity index (χ0) is 14.8. The maximum Gasteiger partial charge on any atom is 0.326 e. The van der Waals surface area contributed by atoms with Crippen LogP contribution in [0.2, 0.25) is 5.02 Å². The molecule has 0 aliphatic carbocycles. The lowest BCUT2D eigenvalue weighted by molar-refractivity contribution is -0.142. The molecule has 0 fully saturated rings. The lowest BCUT2D eigenvalue weighted by Crippen LogP contribution is -2.49. The Balaban J connectivity index is 2.98. The quantitative estimate of drug-likeness (QED) is 0.896. The molecule has 0 spiro atoms. The molecule has 1 aromatic rings. The number of amides is 1. The number of nitrogens with one attached hydrogen (secondary N) is 1. The highest BCUT2D eigenvalue weighted by Crippen LogP contribution is 2.21. The number of halogens is 1. The molecule has 0 saturated heterocycles. The van der Waals surface area contributed by atoms with Gasteiger partial charge in [-0.05, 0) is 36.1 Å². The molecule has 0 bridgehead atoms. The van der Waals surface area contributed by atoms with E-state index < -0.39 is 23.3 Å². The van der Waals surface area contributed by atoms with E-state index in [1.54, 1.807) is 45.9 Å². The molecule has 104 valence electrons. The second kappa shape index (κ2) is 5.61. The first kappa shape index (κ1) is 15.5. The Morgan fingerprint density at radius 2 is 1.89 bits per heavy atom. The van der Waals surface area contributed by atoms with Crippen LogP contribution in [-0.4, -0.2) is 23.0 Å². The fraction of sp³-hybridized carbons (Fsp3) is 0.429. The van der Waals surface area contributed by atoms with Crippen molar-refractivity contribution in [3.05, 3.63) is 34.3 Å². The van der Waals surface area contributed by atoms with E-state index in [-0.39, 0.29) is 0 Å². The minimum atomic E-state index is -1.05. The summed E-state index contributed by atoms with van der Waals surface area (Å²) < 4.78 is 0. The highest BCUT2D eigenvalue weighted by Gasteiger charge is 2.32. The van der Waals surface area contributed by atoms with E-state index in [1.165, 1.54) is 0 Å². The number of hydrogen-bond acceptors (Lipinski definition) is 2. The third-order valence-electron chi connectivity index (χ3n) is 2.82. The van der Waals surface area contributed by atoms with Gasteiger partial charge in [-0.3, -0.25) is 4.79 Å². The van der Waals surface area contributed by atoms with Crippen molar-refractivity contribution in [3.63, 3.8) is 0 Å². The maximum atomic E-state index is 12.1. The van der Waals surface area contributed by atoms with Crippen molar-refractivity contribution < 1.29 is 14.7 Å². The Bertz CT molecular complexity index is 506. The van der Waals surface area contributed by atoms with Crippen molar-refractivity contribution in [2.75, 3.05) is 0 Å². The number of benzene rings is 1. The molecule has 5 heteroatoms. The Kier molecular flexibility index (Phi) is 4.58. The summed E-state index contributed by atoms with van der Waals surface area (Å²) >= 11 is 5.82. The average Bonchev–Trinajstić information content (AvgIpc) is 2.23. The first-order chi connectivity index (χ1) is 8.62. The van der Waals surface area contributed by atoms with Crippen LogP contribution in [0.3, 0.4) is 0 Å². The van der Waals surface area contributed by atoms with E-state index >= 15 is 0 Å². The zero-order valence-corrected chi connectivity index (χ0v) is 12.2. The van der Waals surface area contributed by atoms with Gasteiger partial charge in [-0.2, -0.15) is 0 Å². The molecule has 1 amide bonds. The van der Waals surface area contributed by atoms with E-state index in [4.69, 9.17) is 11.6 Å². The predicted octanol–water partition coefficient (Wildman–Crippen LogP) is 2.88. The van der Waals surface area contributed by atoms with Gasteiger partial charge < -0.3 is 10.4 Å². The highest BCUT2D eigenvalue weighted by atomic mass is 35.5. The number of carbonyl (C=O) groups is 2. The Labute approximate surface area is 117 Å². The van der Waals surface area contributed by atoms with Crippen molar-refractivity contribution in [1.29, 1.82) is 0 Å². The summed E-state index contributed by atoms with van der Waals surface area (Å²) in [7, 11) is 0. The van der Waals surface area contributed by atoms with E-state index in [9.17, 15) is 14.7 Å². The van der Waals surface area contributed by atoms with E-state index in [2.05, 4.69) is 5.32 Å². The van der Waals surface area contributed by atoms with Gasteiger partial charge in [0.2, 0.25) is 0 Å². The number of rotatable bonds is 3. The lowest BCUT2D eigenvalue weighted by atomic mass is 9.86. The molecule has 0 aromatic heterocycles. The third-order valence-corrected chi connectivity index (χ3v) is 3.06. The molecular formula is C14H18ClNO3. The van der Waals surface area contributed by atoms with Gasteiger partial charge in [0.1, 0.15) is 6.04 Å². The average molecular weight is 284 g/mol. The van der Waals surface area contributed by atoms with E-state index in [0.717, 1.165) is 0 Å². The van der Waals surface area contributed by atoms with Gasteiger partial charge in [-0.25, -0.2) is 4.79 Å². The number of carboxylic acids is 1. The van der Waals surface area contributed by atoms with Crippen LogP contribution in [0.5, 0.6) is 0 Å². The highest BCUT2D eigenvalue weighted by molar-refractivity contribution is 6.30. The molecule has 0 saturated carbocycles. The lowest BCUT2D eigenvalue weighted by Gasteiger charge is -2.28. The van der Waals surface area contributed by atoms with Crippen LogP contribution in [0, 0.1) is 12.3 Å². The van der Waals surface area contributed by atoms with Crippen molar-refractivity contribution in [1.82, 2.24) is 5.32 Å². The first-order valence-corrected chi connectivity index (χ1v) is 6.30. The molecule has 1 atom stereocenters. The number of carboxylic acid groups (broad SMARTS) is 1. The minimum Gasteiger partial charge on any atom is -0.480 e. The van der Waals surface area contributed by atoms with Crippen molar-refractivity contribution >= 4 is 23.5 Å². The van der Waals surface area contributed by atoms with Crippen LogP contribution in [0.25, 0.3) is 0 Å². The minimum absolute atomic E-state index is 0.406. The number of aryl methyl sites for hydroxylation is 1. The normalized spacial score (nSPS) is 12.9. The maximum absolute atomic E-state index is 12.1.